The van der Waals surface area contributed by atoms with Crippen molar-refractivity contribution in [2.75, 3.05) is 4.90 Å². The Bertz CT molecular complexity index is 3420. The largest absolute Gasteiger partial charge is 0.456 e. The average Bonchev–Trinajstić information content (AvgIpc) is 3.90. The minimum Gasteiger partial charge on any atom is -0.456 e. The molecule has 4 bridgehead atoms. The molecular weight excluding hydrogens is 799 g/mol. The molecule has 1 heterocycles. The van der Waals surface area contributed by atoms with Crippen molar-refractivity contribution >= 4 is 39.0 Å². The van der Waals surface area contributed by atoms with Gasteiger partial charge in [-0.3, -0.25) is 0 Å². The van der Waals surface area contributed by atoms with Crippen LogP contribution >= 0.6 is 0 Å². The molecule has 66 heavy (non-hydrogen) atoms. The number of fused-ring (bicyclic) bond motifs is 6. The zero-order valence-corrected chi connectivity index (χ0v) is 36.9. The van der Waals surface area contributed by atoms with E-state index in [0.717, 1.165) is 62.7 Å². The third-order valence-electron chi connectivity index (χ3n) is 16.3. The van der Waals surface area contributed by atoms with Crippen molar-refractivity contribution in [3.05, 3.63) is 223 Å². The van der Waals surface area contributed by atoms with E-state index in [1.807, 2.05) is 12.1 Å². The van der Waals surface area contributed by atoms with E-state index >= 15 is 0 Å². The first-order chi connectivity index (χ1) is 32.7. The molecule has 5 aliphatic carbocycles. The zero-order chi connectivity index (χ0) is 43.3. The van der Waals surface area contributed by atoms with Crippen LogP contribution in [0.2, 0.25) is 0 Å². The summed E-state index contributed by atoms with van der Waals surface area (Å²) in [5.41, 5.74) is 21.4. The lowest BCUT2D eigenvalue weighted by Crippen LogP contribution is -2.55. The molecule has 4 saturated carbocycles. The topological polar surface area (TPSA) is 16.4 Å². The minimum absolute atomic E-state index is 0.192. The molecule has 0 atom stereocenters. The van der Waals surface area contributed by atoms with Gasteiger partial charge in [0.15, 0.2) is 0 Å². The van der Waals surface area contributed by atoms with E-state index in [-0.39, 0.29) is 5.41 Å². The number of benzene rings is 9. The lowest BCUT2D eigenvalue weighted by molar-refractivity contribution is -0.0399. The van der Waals surface area contributed by atoms with E-state index in [0.29, 0.717) is 0 Å². The minimum atomic E-state index is 0.192. The first-order valence-corrected chi connectivity index (χ1v) is 24.1. The van der Waals surface area contributed by atoms with Gasteiger partial charge in [-0.15, -0.1) is 0 Å². The van der Waals surface area contributed by atoms with Crippen molar-refractivity contribution in [1.29, 1.82) is 0 Å². The van der Waals surface area contributed by atoms with Gasteiger partial charge in [-0.2, -0.15) is 0 Å². The van der Waals surface area contributed by atoms with Crippen LogP contribution in [0.5, 0.6) is 0 Å². The van der Waals surface area contributed by atoms with Crippen LogP contribution in [0.25, 0.3) is 77.6 Å². The lowest BCUT2D eigenvalue weighted by Gasteiger charge is -2.61. The lowest BCUT2D eigenvalue weighted by atomic mass is 9.43. The molecule has 15 rings (SSSR count). The van der Waals surface area contributed by atoms with Crippen LogP contribution < -0.4 is 4.90 Å². The highest BCUT2D eigenvalue weighted by molar-refractivity contribution is 6.06. The van der Waals surface area contributed by atoms with Crippen LogP contribution in [0.1, 0.15) is 43.2 Å². The maximum absolute atomic E-state index is 6.23. The number of furan rings is 1. The maximum Gasteiger partial charge on any atom is 0.135 e. The summed E-state index contributed by atoms with van der Waals surface area (Å²) in [6.45, 7) is 0. The molecule has 9 aromatic carbocycles. The van der Waals surface area contributed by atoms with Gasteiger partial charge in [-0.1, -0.05) is 164 Å². The Morgan fingerprint density at radius 3 is 1.45 bits per heavy atom. The van der Waals surface area contributed by atoms with Gasteiger partial charge in [-0.05, 0) is 171 Å². The fourth-order valence-electron chi connectivity index (χ4n) is 13.7. The molecule has 5 aliphatic rings. The first kappa shape index (κ1) is 37.9. The summed E-state index contributed by atoms with van der Waals surface area (Å²) in [7, 11) is 0. The third-order valence-corrected chi connectivity index (χ3v) is 16.3. The van der Waals surface area contributed by atoms with Crippen LogP contribution in [-0.4, -0.2) is 0 Å². The number of nitrogens with zero attached hydrogens (tertiary/aromatic N) is 1. The summed E-state index contributed by atoms with van der Waals surface area (Å²) in [5, 5.41) is 2.24. The van der Waals surface area contributed by atoms with E-state index in [9.17, 15) is 0 Å². The van der Waals surface area contributed by atoms with Gasteiger partial charge >= 0.3 is 0 Å². The summed E-state index contributed by atoms with van der Waals surface area (Å²) >= 11 is 0. The van der Waals surface area contributed by atoms with Crippen molar-refractivity contribution < 1.29 is 4.42 Å². The second-order valence-corrected chi connectivity index (χ2v) is 19.7. The summed E-state index contributed by atoms with van der Waals surface area (Å²) in [6.07, 6.45) is 7.13. The Morgan fingerprint density at radius 1 is 0.348 bits per heavy atom. The van der Waals surface area contributed by atoms with Crippen LogP contribution in [-0.2, 0) is 5.41 Å². The SMILES string of the molecule is c1ccc(-c2ccc(N(c3ccc(-c4ccc(-c5ccc(-c6cccc7c6-c6ccccc6C76C7CC8CC(C7)CC6C8)cc5)cc4)cc3)c3ccc4oc5ccccc5c4c3)cc2)cc1. The Balaban J connectivity index is 0.759. The quantitative estimate of drug-likeness (QED) is 0.159. The van der Waals surface area contributed by atoms with Crippen LogP contribution in [0.3, 0.4) is 0 Å². The number of hydrogen-bond acceptors (Lipinski definition) is 2. The van der Waals surface area contributed by atoms with Gasteiger partial charge in [0.25, 0.3) is 0 Å². The Labute approximate surface area is 386 Å². The monoisotopic (exact) mass is 847 g/mol. The second-order valence-electron chi connectivity index (χ2n) is 19.7. The van der Waals surface area contributed by atoms with Gasteiger partial charge in [0.2, 0.25) is 0 Å². The summed E-state index contributed by atoms with van der Waals surface area (Å²) < 4.78 is 6.23. The fourth-order valence-corrected chi connectivity index (χ4v) is 13.7. The standard InChI is InChI=1S/C64H49NO/c1-2-9-43(10-3-1)47-25-29-52(30-26-47)65(54-33-34-62-58(40-54)56-11-5-7-16-61(56)66-62)53-31-27-48(28-32-53)45-19-17-44(18-20-45)46-21-23-49(24-22-46)55-13-8-15-60-63(55)57-12-4-6-14-59(57)64(60)50-36-41-35-42(38-50)39-51(64)37-41/h1-34,40-42,50-51H,35-39H2. The predicted molar refractivity (Wildman–Crippen MR) is 273 cm³/mol. The van der Waals surface area contributed by atoms with Crippen molar-refractivity contribution in [1.82, 2.24) is 0 Å². The van der Waals surface area contributed by atoms with Gasteiger partial charge in [-0.25, -0.2) is 0 Å². The number of para-hydroxylation sites is 1. The van der Waals surface area contributed by atoms with E-state index in [1.54, 1.807) is 11.1 Å². The first-order valence-electron chi connectivity index (χ1n) is 24.1. The highest BCUT2D eigenvalue weighted by Crippen LogP contribution is 2.70. The molecule has 0 radical (unpaired) electrons. The molecular formula is C64H49NO. The Morgan fingerprint density at radius 2 is 0.818 bits per heavy atom. The molecule has 10 aromatic rings. The highest BCUT2D eigenvalue weighted by atomic mass is 16.3. The van der Waals surface area contributed by atoms with Crippen molar-refractivity contribution in [3.63, 3.8) is 0 Å². The van der Waals surface area contributed by atoms with Gasteiger partial charge in [0.05, 0.1) is 0 Å². The van der Waals surface area contributed by atoms with Crippen LogP contribution in [0.4, 0.5) is 17.1 Å². The van der Waals surface area contributed by atoms with E-state index < -0.39 is 0 Å². The van der Waals surface area contributed by atoms with Crippen molar-refractivity contribution in [3.8, 4) is 55.6 Å². The molecule has 0 amide bonds. The molecule has 2 nitrogen and oxygen atoms in total. The van der Waals surface area contributed by atoms with E-state index in [2.05, 4.69) is 205 Å². The second kappa shape index (κ2) is 14.8. The predicted octanol–water partition coefficient (Wildman–Crippen LogP) is 17.4. The molecule has 2 heteroatoms. The van der Waals surface area contributed by atoms with Gasteiger partial charge in [0, 0.05) is 33.2 Å². The van der Waals surface area contributed by atoms with Crippen molar-refractivity contribution in [2.45, 2.75) is 37.5 Å². The molecule has 1 aromatic heterocycles. The normalized spacial score (nSPS) is 21.1. The fraction of sp³-hybridized carbons (Fsp3) is 0.156. The molecule has 0 saturated heterocycles. The van der Waals surface area contributed by atoms with Crippen LogP contribution in [0.15, 0.2) is 217 Å². The van der Waals surface area contributed by atoms with Gasteiger partial charge < -0.3 is 9.32 Å². The number of rotatable bonds is 7. The van der Waals surface area contributed by atoms with E-state index in [4.69, 9.17) is 4.42 Å². The zero-order valence-electron chi connectivity index (χ0n) is 36.9. The molecule has 0 unspecified atom stereocenters. The maximum atomic E-state index is 6.23. The van der Waals surface area contributed by atoms with E-state index in [1.165, 1.54) is 87.7 Å². The van der Waals surface area contributed by atoms with Crippen LogP contribution in [0, 0.1) is 23.7 Å². The van der Waals surface area contributed by atoms with Gasteiger partial charge in [0.1, 0.15) is 11.2 Å². The average molecular weight is 848 g/mol. The number of anilines is 3. The molecule has 0 aliphatic heterocycles. The Hall–Kier alpha value is -7.42. The summed E-state index contributed by atoms with van der Waals surface area (Å²) in [6, 6.07) is 78.4. The van der Waals surface area contributed by atoms with Crippen molar-refractivity contribution in [2.24, 2.45) is 23.7 Å². The molecule has 1 spiro atoms. The molecule has 4 fully saturated rings. The molecule has 0 N–H and O–H groups in total. The summed E-state index contributed by atoms with van der Waals surface area (Å²) in [5.74, 6) is 3.45. The Kier molecular flexibility index (Phi) is 8.50. The number of hydrogen-bond donors (Lipinski definition) is 0. The smallest absolute Gasteiger partial charge is 0.135 e. The molecule has 316 valence electrons. The highest BCUT2D eigenvalue weighted by Gasteiger charge is 2.61. The summed E-state index contributed by atoms with van der Waals surface area (Å²) in [4.78, 5) is 2.34. The third kappa shape index (κ3) is 5.80.